The van der Waals surface area contributed by atoms with Crippen LogP contribution in [0.2, 0.25) is 0 Å². The van der Waals surface area contributed by atoms with Crippen molar-refractivity contribution >= 4 is 11.9 Å². The normalized spacial score (nSPS) is 12.8. The van der Waals surface area contributed by atoms with E-state index in [0.717, 1.165) is 51.4 Å². The maximum Gasteiger partial charge on any atom is 0.305 e. The van der Waals surface area contributed by atoms with Crippen LogP contribution >= 0.6 is 0 Å². The van der Waals surface area contributed by atoms with E-state index in [4.69, 9.17) is 4.74 Å². The molecule has 71 heavy (non-hydrogen) atoms. The highest BCUT2D eigenvalue weighted by Gasteiger charge is 2.18. The Morgan fingerprint density at radius 1 is 0.394 bits per heavy atom. The molecular weight excluding hydrogens is 875 g/mol. The zero-order chi connectivity index (χ0) is 51.4. The molecule has 0 aliphatic heterocycles. The lowest BCUT2D eigenvalue weighted by molar-refractivity contribution is -0.143. The topological polar surface area (TPSA) is 95.9 Å². The number of carbonyl (C=O) groups excluding carboxylic acids is 2. The maximum atomic E-state index is 12.5. The molecule has 0 aromatic rings. The van der Waals surface area contributed by atoms with Crippen molar-refractivity contribution < 1.29 is 24.5 Å². The Morgan fingerprint density at radius 2 is 0.704 bits per heavy atom. The molecule has 2 unspecified atom stereocenters. The Kier molecular flexibility index (Phi) is 59.0. The molecule has 0 saturated heterocycles. The van der Waals surface area contributed by atoms with Gasteiger partial charge in [0.05, 0.1) is 25.4 Å². The van der Waals surface area contributed by atoms with Gasteiger partial charge in [-0.15, -0.1) is 0 Å². The van der Waals surface area contributed by atoms with Crippen molar-refractivity contribution in [2.24, 2.45) is 0 Å². The zero-order valence-corrected chi connectivity index (χ0v) is 47.7. The molecule has 0 radical (unpaired) electrons. The minimum atomic E-state index is -0.846. The number of hydrogen-bond donors (Lipinski definition) is 3. The van der Waals surface area contributed by atoms with Gasteiger partial charge in [0.25, 0.3) is 0 Å². The van der Waals surface area contributed by atoms with Crippen LogP contribution in [0.25, 0.3) is 0 Å². The summed E-state index contributed by atoms with van der Waals surface area (Å²) in [5.41, 5.74) is 0. The Labute approximate surface area is 443 Å². The van der Waals surface area contributed by atoms with E-state index < -0.39 is 12.1 Å². The fourth-order valence-corrected chi connectivity index (χ4v) is 9.78. The quantitative estimate of drug-likeness (QED) is 0.0321. The monoisotopic (exact) mass is 998 g/mol. The van der Waals surface area contributed by atoms with E-state index in [1.807, 2.05) is 6.08 Å². The van der Waals surface area contributed by atoms with Crippen molar-refractivity contribution in [3.63, 3.8) is 0 Å². The van der Waals surface area contributed by atoms with Crippen LogP contribution in [0.1, 0.15) is 341 Å². The SMILES string of the molecule is CCCCC/C=C\C/C=C\CCCCCCCCCC(=O)OCCCCCCCCCCCCCCCCCCCCCCC(=O)NC(CO)C(O)/C=C/CCCCCCCCCCCCCCCCC. The maximum absolute atomic E-state index is 12.5. The fourth-order valence-electron chi connectivity index (χ4n) is 9.78. The molecule has 0 heterocycles. The second-order valence-electron chi connectivity index (χ2n) is 21.7. The summed E-state index contributed by atoms with van der Waals surface area (Å²) in [5, 5.41) is 23.2. The van der Waals surface area contributed by atoms with Gasteiger partial charge in [-0.1, -0.05) is 301 Å². The summed E-state index contributed by atoms with van der Waals surface area (Å²) >= 11 is 0. The van der Waals surface area contributed by atoms with Crippen molar-refractivity contribution in [2.75, 3.05) is 13.2 Å². The molecular formula is C65H123NO5. The van der Waals surface area contributed by atoms with E-state index in [-0.39, 0.29) is 18.5 Å². The molecule has 0 spiro atoms. The number of aliphatic hydroxyl groups excluding tert-OH is 2. The van der Waals surface area contributed by atoms with Crippen molar-refractivity contribution in [3.8, 4) is 0 Å². The summed E-state index contributed by atoms with van der Waals surface area (Å²) in [6.07, 6.45) is 76.1. The number of aliphatic hydroxyl groups is 2. The van der Waals surface area contributed by atoms with Crippen LogP contribution < -0.4 is 5.32 Å². The molecule has 0 aromatic carbocycles. The van der Waals surface area contributed by atoms with Gasteiger partial charge in [-0.2, -0.15) is 0 Å². The van der Waals surface area contributed by atoms with Crippen molar-refractivity contribution in [3.05, 3.63) is 36.5 Å². The molecule has 0 aliphatic carbocycles. The van der Waals surface area contributed by atoms with Crippen molar-refractivity contribution in [1.82, 2.24) is 5.32 Å². The van der Waals surface area contributed by atoms with Gasteiger partial charge in [-0.3, -0.25) is 9.59 Å². The number of nitrogens with one attached hydrogen (secondary N) is 1. The minimum Gasteiger partial charge on any atom is -0.466 e. The summed E-state index contributed by atoms with van der Waals surface area (Å²) in [4.78, 5) is 24.6. The molecule has 418 valence electrons. The summed E-state index contributed by atoms with van der Waals surface area (Å²) < 4.78 is 5.49. The Bertz CT molecular complexity index is 1150. The van der Waals surface area contributed by atoms with Gasteiger partial charge in [0.1, 0.15) is 0 Å². The lowest BCUT2D eigenvalue weighted by Crippen LogP contribution is -2.45. The third kappa shape index (κ3) is 57.2. The zero-order valence-electron chi connectivity index (χ0n) is 47.7. The summed E-state index contributed by atoms with van der Waals surface area (Å²) in [6.45, 7) is 4.89. The van der Waals surface area contributed by atoms with Crippen LogP contribution in [0.3, 0.4) is 0 Å². The number of ether oxygens (including phenoxy) is 1. The van der Waals surface area contributed by atoms with Gasteiger partial charge < -0.3 is 20.3 Å². The molecule has 0 aromatic heterocycles. The molecule has 0 bridgehead atoms. The Balaban J connectivity index is 3.42. The first-order valence-electron chi connectivity index (χ1n) is 31.8. The fraction of sp³-hybridized carbons (Fsp3) is 0.877. The second kappa shape index (κ2) is 60.6. The van der Waals surface area contributed by atoms with Gasteiger partial charge in [-0.05, 0) is 64.2 Å². The van der Waals surface area contributed by atoms with Crippen LogP contribution in [0.4, 0.5) is 0 Å². The molecule has 6 heteroatoms. The number of unbranched alkanes of at least 4 members (excludes halogenated alkanes) is 44. The van der Waals surface area contributed by atoms with Gasteiger partial charge in [0.2, 0.25) is 5.91 Å². The lowest BCUT2D eigenvalue weighted by Gasteiger charge is -2.20. The Hall–Kier alpha value is -1.92. The molecule has 1 amide bonds. The van der Waals surface area contributed by atoms with Gasteiger partial charge >= 0.3 is 5.97 Å². The summed E-state index contributed by atoms with van der Waals surface area (Å²) in [6, 6.07) is -0.630. The number of amides is 1. The lowest BCUT2D eigenvalue weighted by atomic mass is 10.0. The van der Waals surface area contributed by atoms with Gasteiger partial charge in [0.15, 0.2) is 0 Å². The van der Waals surface area contributed by atoms with E-state index in [1.54, 1.807) is 6.08 Å². The van der Waals surface area contributed by atoms with Crippen molar-refractivity contribution in [1.29, 1.82) is 0 Å². The van der Waals surface area contributed by atoms with Gasteiger partial charge in [0, 0.05) is 12.8 Å². The smallest absolute Gasteiger partial charge is 0.305 e. The molecule has 2 atom stereocenters. The highest BCUT2D eigenvalue weighted by atomic mass is 16.5. The second-order valence-corrected chi connectivity index (χ2v) is 21.7. The van der Waals surface area contributed by atoms with Crippen LogP contribution in [-0.4, -0.2) is 47.4 Å². The number of esters is 1. The first kappa shape index (κ1) is 69.1. The van der Waals surface area contributed by atoms with E-state index in [1.165, 1.54) is 263 Å². The molecule has 6 nitrogen and oxygen atoms in total. The molecule has 3 N–H and O–H groups in total. The Morgan fingerprint density at radius 3 is 1.10 bits per heavy atom. The first-order chi connectivity index (χ1) is 35.0. The molecule has 0 fully saturated rings. The van der Waals surface area contributed by atoms with Crippen LogP contribution in [-0.2, 0) is 14.3 Å². The predicted molar refractivity (Wildman–Crippen MR) is 310 cm³/mol. The van der Waals surface area contributed by atoms with Crippen LogP contribution in [0, 0.1) is 0 Å². The average Bonchev–Trinajstić information content (AvgIpc) is 3.37. The average molecular weight is 999 g/mol. The minimum absolute atomic E-state index is 0.00238. The number of allylic oxidation sites excluding steroid dienone is 5. The largest absolute Gasteiger partial charge is 0.466 e. The third-order valence-corrected chi connectivity index (χ3v) is 14.7. The van der Waals surface area contributed by atoms with E-state index in [9.17, 15) is 19.8 Å². The van der Waals surface area contributed by atoms with Crippen LogP contribution in [0.15, 0.2) is 36.5 Å². The van der Waals surface area contributed by atoms with E-state index >= 15 is 0 Å². The summed E-state index contributed by atoms with van der Waals surface area (Å²) in [7, 11) is 0. The third-order valence-electron chi connectivity index (χ3n) is 14.7. The van der Waals surface area contributed by atoms with Crippen molar-refractivity contribution in [2.45, 2.75) is 353 Å². The van der Waals surface area contributed by atoms with E-state index in [2.05, 4.69) is 43.5 Å². The van der Waals surface area contributed by atoms with Crippen LogP contribution in [0.5, 0.6) is 0 Å². The molecule has 0 rings (SSSR count). The highest BCUT2D eigenvalue weighted by Crippen LogP contribution is 2.18. The standard InChI is InChI=1S/C65H123NO5/c1-3-5-7-9-11-13-15-17-19-25-29-33-37-41-45-49-53-57-63(68)62(61-67)66-64(69)58-54-50-46-42-38-34-30-27-23-21-22-24-28-32-36-40-44-48-52-56-60-71-65(70)59-55-51-47-43-39-35-31-26-20-18-16-14-12-10-8-6-4-2/h12,14,18,20,53,57,62-63,67-68H,3-11,13,15-17,19,21-52,54-56,58-61H2,1-2H3,(H,66,69)/b14-12-,20-18-,57-53+. The predicted octanol–water partition coefficient (Wildman–Crippen LogP) is 20.0. The van der Waals surface area contributed by atoms with E-state index in [0.29, 0.717) is 19.4 Å². The number of carbonyl (C=O) groups is 2. The number of hydrogen-bond acceptors (Lipinski definition) is 5. The van der Waals surface area contributed by atoms with Gasteiger partial charge in [-0.25, -0.2) is 0 Å². The highest BCUT2D eigenvalue weighted by molar-refractivity contribution is 5.76. The molecule has 0 saturated carbocycles. The summed E-state index contributed by atoms with van der Waals surface area (Å²) in [5.74, 6) is -0.0656. The number of rotatable bonds is 59. The molecule has 0 aliphatic rings. The first-order valence-corrected chi connectivity index (χ1v) is 31.8.